The van der Waals surface area contributed by atoms with E-state index in [4.69, 9.17) is 23.2 Å². The van der Waals surface area contributed by atoms with Gasteiger partial charge in [0.25, 0.3) is 0 Å². The van der Waals surface area contributed by atoms with Gasteiger partial charge in [0.2, 0.25) is 0 Å². The lowest BCUT2D eigenvalue weighted by atomic mass is 9.71. The molecule has 1 unspecified atom stereocenters. The molecule has 1 aliphatic carbocycles. The lowest BCUT2D eigenvalue weighted by Crippen LogP contribution is -2.25. The van der Waals surface area contributed by atoms with Gasteiger partial charge in [0.1, 0.15) is 0 Å². The van der Waals surface area contributed by atoms with Gasteiger partial charge < -0.3 is 5.11 Å². The number of aliphatic hydroxyl groups excluding tert-OH is 1. The highest BCUT2D eigenvalue weighted by atomic mass is 35.5. The number of hydrogen-bond donors (Lipinski definition) is 1. The summed E-state index contributed by atoms with van der Waals surface area (Å²) in [6.45, 7) is 4.59. The van der Waals surface area contributed by atoms with Crippen molar-refractivity contribution >= 4 is 23.2 Å². The molecule has 1 N–H and O–H groups in total. The zero-order chi connectivity index (χ0) is 13.3. The summed E-state index contributed by atoms with van der Waals surface area (Å²) in [7, 11) is 0. The first kappa shape index (κ1) is 14.2. The molecular formula is C15H20Cl2O. The van der Waals surface area contributed by atoms with E-state index in [0.717, 1.165) is 31.2 Å². The minimum Gasteiger partial charge on any atom is -0.388 e. The van der Waals surface area contributed by atoms with Gasteiger partial charge in [0, 0.05) is 15.6 Å². The molecule has 1 aromatic carbocycles. The topological polar surface area (TPSA) is 20.2 Å². The zero-order valence-corrected chi connectivity index (χ0v) is 12.4. The molecule has 0 aromatic heterocycles. The molecule has 0 aliphatic heterocycles. The van der Waals surface area contributed by atoms with Crippen molar-refractivity contribution in [2.24, 2.45) is 11.3 Å². The third-order valence-corrected chi connectivity index (χ3v) is 4.69. The molecule has 0 heterocycles. The molecule has 3 heteroatoms. The molecular weight excluding hydrogens is 267 g/mol. The van der Waals surface area contributed by atoms with Crippen LogP contribution in [0.3, 0.4) is 0 Å². The van der Waals surface area contributed by atoms with E-state index in [0.29, 0.717) is 21.4 Å². The van der Waals surface area contributed by atoms with Crippen LogP contribution in [-0.2, 0) is 0 Å². The van der Waals surface area contributed by atoms with E-state index in [9.17, 15) is 5.11 Å². The second kappa shape index (κ2) is 5.40. The van der Waals surface area contributed by atoms with Crippen molar-refractivity contribution in [2.45, 2.75) is 45.6 Å². The lowest BCUT2D eigenvalue weighted by molar-refractivity contribution is 0.0568. The maximum Gasteiger partial charge on any atom is 0.0833 e. The minimum atomic E-state index is -0.493. The number of rotatable bonds is 2. The number of halogens is 2. The summed E-state index contributed by atoms with van der Waals surface area (Å²) < 4.78 is 0. The van der Waals surface area contributed by atoms with E-state index in [1.54, 1.807) is 18.2 Å². The van der Waals surface area contributed by atoms with Gasteiger partial charge in [-0.25, -0.2) is 0 Å². The molecule has 100 valence electrons. The smallest absolute Gasteiger partial charge is 0.0833 e. The molecule has 0 amide bonds. The summed E-state index contributed by atoms with van der Waals surface area (Å²) in [6, 6.07) is 5.30. The third kappa shape index (κ3) is 3.20. The molecule has 1 aromatic rings. The Balaban J connectivity index is 2.12. The van der Waals surface area contributed by atoms with Crippen molar-refractivity contribution < 1.29 is 5.11 Å². The molecule has 1 saturated carbocycles. The van der Waals surface area contributed by atoms with E-state index >= 15 is 0 Å². The predicted molar refractivity (Wildman–Crippen MR) is 77.2 cm³/mol. The second-order valence-corrected chi connectivity index (χ2v) is 6.96. The van der Waals surface area contributed by atoms with Crippen molar-refractivity contribution in [3.63, 3.8) is 0 Å². The Bertz CT molecular complexity index is 419. The fraction of sp³-hybridized carbons (Fsp3) is 0.600. The number of benzene rings is 1. The number of aliphatic hydroxyl groups is 1. The Morgan fingerprint density at radius 2 is 1.83 bits per heavy atom. The Kier molecular flexibility index (Phi) is 4.25. The summed E-state index contributed by atoms with van der Waals surface area (Å²) in [6.07, 6.45) is 3.93. The minimum absolute atomic E-state index is 0.300. The van der Waals surface area contributed by atoms with Crippen LogP contribution < -0.4 is 0 Å². The van der Waals surface area contributed by atoms with Gasteiger partial charge in [-0.3, -0.25) is 0 Å². The van der Waals surface area contributed by atoms with Crippen LogP contribution in [0.1, 0.15) is 51.2 Å². The van der Waals surface area contributed by atoms with Crippen LogP contribution in [0.4, 0.5) is 0 Å². The van der Waals surface area contributed by atoms with Crippen molar-refractivity contribution in [1.82, 2.24) is 0 Å². The van der Waals surface area contributed by atoms with Gasteiger partial charge in [-0.2, -0.15) is 0 Å². The van der Waals surface area contributed by atoms with Crippen molar-refractivity contribution in [3.8, 4) is 0 Å². The SMILES string of the molecule is CC1(C)CCC(C(O)c2cc(Cl)ccc2Cl)CC1. The Morgan fingerprint density at radius 3 is 2.44 bits per heavy atom. The fourth-order valence-electron chi connectivity index (χ4n) is 2.73. The van der Waals surface area contributed by atoms with Crippen LogP contribution in [0.5, 0.6) is 0 Å². The van der Waals surface area contributed by atoms with Gasteiger partial charge in [-0.15, -0.1) is 0 Å². The summed E-state index contributed by atoms with van der Waals surface area (Å²) in [5, 5.41) is 11.7. The van der Waals surface area contributed by atoms with E-state index in [1.165, 1.54) is 0 Å². The van der Waals surface area contributed by atoms with Crippen LogP contribution in [0.25, 0.3) is 0 Å². The Morgan fingerprint density at radius 1 is 1.22 bits per heavy atom. The zero-order valence-electron chi connectivity index (χ0n) is 10.9. The molecule has 0 bridgehead atoms. The van der Waals surface area contributed by atoms with Crippen LogP contribution in [-0.4, -0.2) is 5.11 Å². The summed E-state index contributed by atoms with van der Waals surface area (Å²) in [5.41, 5.74) is 1.18. The summed E-state index contributed by atoms with van der Waals surface area (Å²) >= 11 is 12.1. The van der Waals surface area contributed by atoms with Crippen LogP contribution in [0.2, 0.25) is 10.0 Å². The van der Waals surface area contributed by atoms with Gasteiger partial charge in [-0.1, -0.05) is 37.0 Å². The molecule has 1 aliphatic rings. The first-order valence-electron chi connectivity index (χ1n) is 6.52. The van der Waals surface area contributed by atoms with E-state index < -0.39 is 6.10 Å². The average molecular weight is 287 g/mol. The quantitative estimate of drug-likeness (QED) is 0.788. The maximum absolute atomic E-state index is 10.5. The van der Waals surface area contributed by atoms with E-state index in [2.05, 4.69) is 13.8 Å². The molecule has 0 spiro atoms. The fourth-order valence-corrected chi connectivity index (χ4v) is 3.14. The van der Waals surface area contributed by atoms with Gasteiger partial charge in [0.15, 0.2) is 0 Å². The van der Waals surface area contributed by atoms with Crippen LogP contribution in [0.15, 0.2) is 18.2 Å². The van der Waals surface area contributed by atoms with Gasteiger partial charge in [0.05, 0.1) is 6.10 Å². The second-order valence-electron chi connectivity index (χ2n) is 6.11. The molecule has 1 nitrogen and oxygen atoms in total. The molecule has 0 saturated heterocycles. The van der Waals surface area contributed by atoms with Gasteiger partial charge >= 0.3 is 0 Å². The molecule has 1 fully saturated rings. The highest BCUT2D eigenvalue weighted by molar-refractivity contribution is 6.33. The third-order valence-electron chi connectivity index (χ3n) is 4.11. The predicted octanol–water partition coefficient (Wildman–Crippen LogP) is 5.24. The average Bonchev–Trinajstić information content (AvgIpc) is 2.31. The standard InChI is InChI=1S/C15H20Cl2O/c1-15(2)7-5-10(6-8-15)14(18)12-9-11(16)3-4-13(12)17/h3-4,9-10,14,18H,5-8H2,1-2H3. The highest BCUT2D eigenvalue weighted by Gasteiger charge is 2.31. The van der Waals surface area contributed by atoms with Crippen molar-refractivity contribution in [2.75, 3.05) is 0 Å². The molecule has 0 radical (unpaired) electrons. The molecule has 2 rings (SSSR count). The molecule has 1 atom stereocenters. The Labute approximate surface area is 119 Å². The summed E-state index contributed by atoms with van der Waals surface area (Å²) in [4.78, 5) is 0. The molecule has 18 heavy (non-hydrogen) atoms. The van der Waals surface area contributed by atoms with Gasteiger partial charge in [-0.05, 0) is 55.2 Å². The van der Waals surface area contributed by atoms with Crippen molar-refractivity contribution in [3.05, 3.63) is 33.8 Å². The van der Waals surface area contributed by atoms with Crippen LogP contribution in [0, 0.1) is 11.3 Å². The maximum atomic E-state index is 10.5. The highest BCUT2D eigenvalue weighted by Crippen LogP contribution is 2.44. The van der Waals surface area contributed by atoms with Crippen molar-refractivity contribution in [1.29, 1.82) is 0 Å². The van der Waals surface area contributed by atoms with E-state index in [1.807, 2.05) is 0 Å². The van der Waals surface area contributed by atoms with Crippen LogP contribution >= 0.6 is 23.2 Å². The monoisotopic (exact) mass is 286 g/mol. The van der Waals surface area contributed by atoms with E-state index in [-0.39, 0.29) is 0 Å². The normalized spacial score (nSPS) is 21.8. The first-order valence-corrected chi connectivity index (χ1v) is 7.28. The Hall–Kier alpha value is -0.240. The largest absolute Gasteiger partial charge is 0.388 e. The first-order chi connectivity index (χ1) is 8.39. The lowest BCUT2D eigenvalue weighted by Gasteiger charge is -2.36. The number of hydrogen-bond acceptors (Lipinski definition) is 1. The summed E-state index contributed by atoms with van der Waals surface area (Å²) in [5.74, 6) is 0.300.